The summed E-state index contributed by atoms with van der Waals surface area (Å²) in [6, 6.07) is 11.8. The number of nitrogens with zero attached hydrogens (tertiary/aromatic N) is 5. The number of ether oxygens (including phenoxy) is 1. The van der Waals surface area contributed by atoms with Crippen molar-refractivity contribution in [2.75, 3.05) is 55.7 Å². The van der Waals surface area contributed by atoms with E-state index in [2.05, 4.69) is 33.8 Å². The first kappa shape index (κ1) is 19.9. The Hall–Kier alpha value is -2.83. The van der Waals surface area contributed by atoms with Crippen LogP contribution in [0.5, 0.6) is 5.75 Å². The topological polar surface area (TPSA) is 61.8 Å². The molecule has 2 aromatic rings. The van der Waals surface area contributed by atoms with Crippen LogP contribution in [0, 0.1) is 6.92 Å². The molecule has 0 aliphatic carbocycles. The van der Waals surface area contributed by atoms with Crippen LogP contribution in [-0.4, -0.2) is 66.9 Å². The molecule has 7 heteroatoms. The smallest absolute Gasteiger partial charge is 0.260 e. The third kappa shape index (κ3) is 4.71. The summed E-state index contributed by atoms with van der Waals surface area (Å²) in [4.78, 5) is 18.7. The molecule has 1 aromatic heterocycles. The van der Waals surface area contributed by atoms with E-state index in [0.717, 1.165) is 49.1 Å². The number of hydrogen-bond donors (Lipinski definition) is 0. The SMILES string of the molecule is CCN(CC)c1ccc(N2CCN(C(=O)COc3ccccc3C)CC2)nn1. The average molecular weight is 383 g/mol. The number of para-hydroxylation sites is 1. The first-order valence-electron chi connectivity index (χ1n) is 9.92. The zero-order valence-corrected chi connectivity index (χ0v) is 17.0. The highest BCUT2D eigenvalue weighted by Gasteiger charge is 2.22. The first-order chi connectivity index (χ1) is 13.6. The summed E-state index contributed by atoms with van der Waals surface area (Å²) in [6.45, 7) is 10.9. The van der Waals surface area contributed by atoms with Crippen molar-refractivity contribution in [1.29, 1.82) is 0 Å². The molecule has 3 rings (SSSR count). The molecular formula is C21H29N5O2. The van der Waals surface area contributed by atoms with E-state index in [0.29, 0.717) is 13.1 Å². The number of anilines is 2. The fourth-order valence-corrected chi connectivity index (χ4v) is 3.34. The van der Waals surface area contributed by atoms with Gasteiger partial charge in [0.15, 0.2) is 18.2 Å². The van der Waals surface area contributed by atoms with Crippen molar-refractivity contribution in [2.24, 2.45) is 0 Å². The molecule has 28 heavy (non-hydrogen) atoms. The molecule has 1 saturated heterocycles. The maximum Gasteiger partial charge on any atom is 0.260 e. The normalized spacial score (nSPS) is 14.1. The molecule has 150 valence electrons. The number of carbonyl (C=O) groups excluding carboxylic acids is 1. The molecule has 0 radical (unpaired) electrons. The Bertz CT molecular complexity index is 769. The van der Waals surface area contributed by atoms with Gasteiger partial charge in [-0.1, -0.05) is 18.2 Å². The molecule has 0 saturated carbocycles. The zero-order valence-electron chi connectivity index (χ0n) is 17.0. The van der Waals surface area contributed by atoms with Gasteiger partial charge in [0.2, 0.25) is 0 Å². The Morgan fingerprint density at radius 2 is 1.75 bits per heavy atom. The minimum atomic E-state index is 0.0193. The Kier molecular flexibility index (Phi) is 6.68. The second-order valence-electron chi connectivity index (χ2n) is 6.84. The highest BCUT2D eigenvalue weighted by Crippen LogP contribution is 2.18. The lowest BCUT2D eigenvalue weighted by atomic mass is 10.2. The highest BCUT2D eigenvalue weighted by atomic mass is 16.5. The van der Waals surface area contributed by atoms with Gasteiger partial charge < -0.3 is 19.4 Å². The summed E-state index contributed by atoms with van der Waals surface area (Å²) in [5, 5.41) is 8.74. The minimum absolute atomic E-state index is 0.0193. The third-order valence-corrected chi connectivity index (χ3v) is 5.12. The fraction of sp³-hybridized carbons (Fsp3) is 0.476. The Morgan fingerprint density at radius 1 is 1.04 bits per heavy atom. The predicted octanol–water partition coefficient (Wildman–Crippen LogP) is 2.36. The number of aryl methyl sites for hydroxylation is 1. The van der Waals surface area contributed by atoms with Gasteiger partial charge in [-0.2, -0.15) is 0 Å². The van der Waals surface area contributed by atoms with E-state index in [9.17, 15) is 4.79 Å². The van der Waals surface area contributed by atoms with Crippen molar-refractivity contribution in [1.82, 2.24) is 15.1 Å². The quantitative estimate of drug-likeness (QED) is 0.731. The van der Waals surface area contributed by atoms with Crippen LogP contribution in [-0.2, 0) is 4.79 Å². The van der Waals surface area contributed by atoms with Gasteiger partial charge in [0.1, 0.15) is 5.75 Å². The van der Waals surface area contributed by atoms with Gasteiger partial charge in [-0.25, -0.2) is 0 Å². The molecule has 1 aliphatic heterocycles. The van der Waals surface area contributed by atoms with Crippen LogP contribution in [0.1, 0.15) is 19.4 Å². The molecule has 2 heterocycles. The van der Waals surface area contributed by atoms with Crippen molar-refractivity contribution >= 4 is 17.5 Å². The van der Waals surface area contributed by atoms with Crippen molar-refractivity contribution in [3.05, 3.63) is 42.0 Å². The molecule has 0 atom stereocenters. The van der Waals surface area contributed by atoms with E-state index in [4.69, 9.17) is 4.74 Å². The van der Waals surface area contributed by atoms with E-state index in [-0.39, 0.29) is 12.5 Å². The molecule has 7 nitrogen and oxygen atoms in total. The Labute approximate surface area is 166 Å². The number of rotatable bonds is 7. The van der Waals surface area contributed by atoms with Crippen molar-refractivity contribution in [2.45, 2.75) is 20.8 Å². The lowest BCUT2D eigenvalue weighted by Crippen LogP contribution is -2.50. The summed E-state index contributed by atoms with van der Waals surface area (Å²) in [6.07, 6.45) is 0. The third-order valence-electron chi connectivity index (χ3n) is 5.12. The largest absolute Gasteiger partial charge is 0.484 e. The monoisotopic (exact) mass is 383 g/mol. The van der Waals surface area contributed by atoms with Gasteiger partial charge in [-0.3, -0.25) is 4.79 Å². The first-order valence-corrected chi connectivity index (χ1v) is 9.92. The highest BCUT2D eigenvalue weighted by molar-refractivity contribution is 5.78. The van der Waals surface area contributed by atoms with Gasteiger partial charge in [0.05, 0.1) is 0 Å². The number of piperazine rings is 1. The van der Waals surface area contributed by atoms with Crippen LogP contribution < -0.4 is 14.5 Å². The van der Waals surface area contributed by atoms with E-state index < -0.39 is 0 Å². The summed E-state index contributed by atoms with van der Waals surface area (Å²) in [5.74, 6) is 2.54. The number of aromatic nitrogens is 2. The molecule has 1 fully saturated rings. The lowest BCUT2D eigenvalue weighted by Gasteiger charge is -2.35. The van der Waals surface area contributed by atoms with Gasteiger partial charge >= 0.3 is 0 Å². The number of hydrogen-bond acceptors (Lipinski definition) is 6. The minimum Gasteiger partial charge on any atom is -0.484 e. The summed E-state index contributed by atoms with van der Waals surface area (Å²) < 4.78 is 5.69. The number of benzene rings is 1. The van der Waals surface area contributed by atoms with E-state index in [1.807, 2.05) is 48.2 Å². The van der Waals surface area contributed by atoms with E-state index >= 15 is 0 Å². The molecule has 0 unspecified atom stereocenters. The maximum absolute atomic E-state index is 12.5. The van der Waals surface area contributed by atoms with E-state index in [1.54, 1.807) is 0 Å². The van der Waals surface area contributed by atoms with Crippen LogP contribution in [0.15, 0.2) is 36.4 Å². The lowest BCUT2D eigenvalue weighted by molar-refractivity contribution is -0.133. The van der Waals surface area contributed by atoms with Gasteiger partial charge in [-0.15, -0.1) is 10.2 Å². The summed E-state index contributed by atoms with van der Waals surface area (Å²) in [7, 11) is 0. The van der Waals surface area contributed by atoms with Gasteiger partial charge in [-0.05, 0) is 44.5 Å². The zero-order chi connectivity index (χ0) is 19.9. The standard InChI is InChI=1S/C21H29N5O2/c1-4-24(5-2)19-10-11-20(23-22-19)25-12-14-26(15-13-25)21(27)16-28-18-9-7-6-8-17(18)3/h6-11H,4-5,12-16H2,1-3H3. The second-order valence-corrected chi connectivity index (χ2v) is 6.84. The fourth-order valence-electron chi connectivity index (χ4n) is 3.34. The van der Waals surface area contributed by atoms with Gasteiger partial charge in [0.25, 0.3) is 5.91 Å². The molecule has 0 bridgehead atoms. The molecule has 0 N–H and O–H groups in total. The predicted molar refractivity (Wildman–Crippen MR) is 111 cm³/mol. The molecule has 1 amide bonds. The Morgan fingerprint density at radius 3 is 2.36 bits per heavy atom. The second kappa shape index (κ2) is 9.39. The van der Waals surface area contributed by atoms with Crippen molar-refractivity contribution < 1.29 is 9.53 Å². The summed E-state index contributed by atoms with van der Waals surface area (Å²) >= 11 is 0. The molecule has 1 aromatic carbocycles. The van der Waals surface area contributed by atoms with Crippen LogP contribution in [0.25, 0.3) is 0 Å². The number of carbonyl (C=O) groups is 1. The molecule has 0 spiro atoms. The van der Waals surface area contributed by atoms with Crippen LogP contribution in [0.4, 0.5) is 11.6 Å². The van der Waals surface area contributed by atoms with Crippen LogP contribution in [0.3, 0.4) is 0 Å². The van der Waals surface area contributed by atoms with Crippen LogP contribution in [0.2, 0.25) is 0 Å². The van der Waals surface area contributed by atoms with Crippen molar-refractivity contribution in [3.63, 3.8) is 0 Å². The number of amides is 1. The Balaban J connectivity index is 1.50. The van der Waals surface area contributed by atoms with Crippen LogP contribution >= 0.6 is 0 Å². The maximum atomic E-state index is 12.5. The summed E-state index contributed by atoms with van der Waals surface area (Å²) in [5.41, 5.74) is 1.03. The molecular weight excluding hydrogens is 354 g/mol. The average Bonchev–Trinajstić information content (AvgIpc) is 2.74. The van der Waals surface area contributed by atoms with Crippen molar-refractivity contribution in [3.8, 4) is 5.75 Å². The van der Waals surface area contributed by atoms with E-state index in [1.165, 1.54) is 0 Å². The van der Waals surface area contributed by atoms with Gasteiger partial charge in [0, 0.05) is 39.3 Å². The molecule has 1 aliphatic rings.